The zero-order valence-corrected chi connectivity index (χ0v) is 21.1. The second-order valence-electron chi connectivity index (χ2n) is 7.68. The lowest BCUT2D eigenvalue weighted by Gasteiger charge is -2.27. The Bertz CT molecular complexity index is 1090. The second-order valence-corrected chi connectivity index (χ2v) is 11.6. The summed E-state index contributed by atoms with van der Waals surface area (Å²) in [4.78, 5) is 29.0. The highest BCUT2D eigenvalue weighted by Gasteiger charge is 2.35. The van der Waals surface area contributed by atoms with Crippen LogP contribution in [0.2, 0.25) is 0 Å². The van der Waals surface area contributed by atoms with E-state index < -0.39 is 16.0 Å². The minimum atomic E-state index is -3.88. The Kier molecular flexibility index (Phi) is 8.02. The summed E-state index contributed by atoms with van der Waals surface area (Å²) in [6.07, 6.45) is 3.31. The highest BCUT2D eigenvalue weighted by molar-refractivity contribution is 7.98. The SMILES string of the molecule is CC[C@@H](C)NS(=O)(=O)c1sc2c(c1C(=O)OC)CCN(C(=O)Cc1ccc(SC)cc1)C2. The number of ether oxygens (including phenoxy) is 1. The first-order chi connectivity index (χ1) is 15.2. The molecule has 0 bridgehead atoms. The fourth-order valence-corrected chi connectivity index (χ4v) is 7.17. The van der Waals surface area contributed by atoms with Crippen LogP contribution in [0.3, 0.4) is 0 Å². The molecule has 0 radical (unpaired) electrons. The van der Waals surface area contributed by atoms with Gasteiger partial charge in [0, 0.05) is 22.4 Å². The van der Waals surface area contributed by atoms with Crippen LogP contribution in [0.4, 0.5) is 0 Å². The van der Waals surface area contributed by atoms with Crippen LogP contribution < -0.4 is 4.72 Å². The Morgan fingerprint density at radius 2 is 1.97 bits per heavy atom. The van der Waals surface area contributed by atoms with Crippen molar-refractivity contribution in [2.45, 2.75) is 54.8 Å². The number of sulfonamides is 1. The molecule has 0 saturated carbocycles. The average molecular weight is 497 g/mol. The minimum Gasteiger partial charge on any atom is -0.465 e. The quantitative estimate of drug-likeness (QED) is 0.444. The molecule has 2 aromatic rings. The maximum absolute atomic E-state index is 13.0. The van der Waals surface area contributed by atoms with Crippen molar-refractivity contribution in [3.8, 4) is 0 Å². The smallest absolute Gasteiger partial charge is 0.340 e. The molecule has 1 amide bonds. The van der Waals surface area contributed by atoms with E-state index in [2.05, 4.69) is 4.72 Å². The number of nitrogens with zero attached hydrogens (tertiary/aromatic N) is 1. The van der Waals surface area contributed by atoms with Gasteiger partial charge in [-0.25, -0.2) is 17.9 Å². The van der Waals surface area contributed by atoms with Gasteiger partial charge in [-0.2, -0.15) is 0 Å². The molecule has 1 aromatic heterocycles. The van der Waals surface area contributed by atoms with Crippen molar-refractivity contribution in [3.05, 3.63) is 45.8 Å². The number of carbonyl (C=O) groups is 2. The lowest BCUT2D eigenvalue weighted by Crippen LogP contribution is -2.36. The first-order valence-electron chi connectivity index (χ1n) is 10.4. The molecule has 1 aliphatic rings. The Hall–Kier alpha value is -1.88. The van der Waals surface area contributed by atoms with Crippen molar-refractivity contribution in [1.82, 2.24) is 9.62 Å². The van der Waals surface area contributed by atoms with E-state index in [0.29, 0.717) is 29.8 Å². The van der Waals surface area contributed by atoms with E-state index in [4.69, 9.17) is 4.74 Å². The lowest BCUT2D eigenvalue weighted by atomic mass is 10.0. The van der Waals surface area contributed by atoms with Gasteiger partial charge in [-0.05, 0) is 49.3 Å². The van der Waals surface area contributed by atoms with Gasteiger partial charge in [-0.15, -0.1) is 23.1 Å². The molecule has 3 rings (SSSR count). The normalized spacial score (nSPS) is 14.7. The highest BCUT2D eigenvalue weighted by Crippen LogP contribution is 2.37. The van der Waals surface area contributed by atoms with E-state index in [1.807, 2.05) is 37.4 Å². The molecule has 2 heterocycles. The summed E-state index contributed by atoms with van der Waals surface area (Å²) >= 11 is 2.69. The standard InChI is InChI=1S/C22H28N2O5S3/c1-5-14(2)23-32(27,28)22-20(21(26)29-3)17-10-11-24(13-18(17)31-22)19(25)12-15-6-8-16(30-4)9-7-15/h6-9,14,23H,5,10-13H2,1-4H3/t14-/m1/s1. The molecule has 1 atom stereocenters. The molecular weight excluding hydrogens is 468 g/mol. The van der Waals surface area contributed by atoms with Gasteiger partial charge in [0.05, 0.1) is 25.6 Å². The number of thioether (sulfide) groups is 1. The van der Waals surface area contributed by atoms with E-state index in [1.54, 1.807) is 23.6 Å². The van der Waals surface area contributed by atoms with Crippen LogP contribution in [-0.2, 0) is 38.9 Å². The van der Waals surface area contributed by atoms with Gasteiger partial charge in [0.2, 0.25) is 5.91 Å². The molecule has 174 valence electrons. The predicted molar refractivity (Wildman–Crippen MR) is 127 cm³/mol. The maximum atomic E-state index is 13.0. The van der Waals surface area contributed by atoms with Gasteiger partial charge >= 0.3 is 5.97 Å². The van der Waals surface area contributed by atoms with Gasteiger partial charge in [0.1, 0.15) is 4.21 Å². The van der Waals surface area contributed by atoms with E-state index in [1.165, 1.54) is 7.11 Å². The van der Waals surface area contributed by atoms with Crippen LogP contribution in [0.15, 0.2) is 33.4 Å². The number of methoxy groups -OCH3 is 1. The molecule has 0 aliphatic carbocycles. The fraction of sp³-hybridized carbons (Fsp3) is 0.455. The van der Waals surface area contributed by atoms with Crippen LogP contribution in [0.25, 0.3) is 0 Å². The molecule has 32 heavy (non-hydrogen) atoms. The number of hydrogen-bond donors (Lipinski definition) is 1. The maximum Gasteiger partial charge on any atom is 0.340 e. The Morgan fingerprint density at radius 1 is 1.28 bits per heavy atom. The summed E-state index contributed by atoms with van der Waals surface area (Å²) in [5, 5.41) is 0. The van der Waals surface area contributed by atoms with Crippen molar-refractivity contribution >= 4 is 45.0 Å². The van der Waals surface area contributed by atoms with E-state index >= 15 is 0 Å². The molecule has 0 saturated heterocycles. The minimum absolute atomic E-state index is 0.0253. The third-order valence-electron chi connectivity index (χ3n) is 5.49. The molecule has 0 unspecified atom stereocenters. The summed E-state index contributed by atoms with van der Waals surface area (Å²) in [5.74, 6) is -0.691. The van der Waals surface area contributed by atoms with Crippen LogP contribution >= 0.6 is 23.1 Å². The largest absolute Gasteiger partial charge is 0.465 e. The zero-order valence-electron chi connectivity index (χ0n) is 18.6. The summed E-state index contributed by atoms with van der Waals surface area (Å²) in [6, 6.07) is 7.62. The Balaban J connectivity index is 1.86. The Morgan fingerprint density at radius 3 is 2.56 bits per heavy atom. The molecule has 1 aliphatic heterocycles. The van der Waals surface area contributed by atoms with Gasteiger partial charge in [0.25, 0.3) is 10.0 Å². The van der Waals surface area contributed by atoms with Crippen molar-refractivity contribution in [2.24, 2.45) is 0 Å². The monoisotopic (exact) mass is 496 g/mol. The molecule has 7 nitrogen and oxygen atoms in total. The molecule has 10 heteroatoms. The van der Waals surface area contributed by atoms with Crippen molar-refractivity contribution in [3.63, 3.8) is 0 Å². The molecule has 1 aromatic carbocycles. The van der Waals surface area contributed by atoms with Crippen LogP contribution in [-0.4, -0.2) is 51.1 Å². The first kappa shape index (κ1) is 24.8. The van der Waals surface area contributed by atoms with Gasteiger partial charge in [-0.3, -0.25) is 4.79 Å². The predicted octanol–water partition coefficient (Wildman–Crippen LogP) is 3.46. The van der Waals surface area contributed by atoms with E-state index in [-0.39, 0.29) is 34.7 Å². The van der Waals surface area contributed by atoms with Crippen LogP contribution in [0.5, 0.6) is 0 Å². The lowest BCUT2D eigenvalue weighted by molar-refractivity contribution is -0.131. The van der Waals surface area contributed by atoms with Crippen LogP contribution in [0.1, 0.15) is 46.6 Å². The first-order valence-corrected chi connectivity index (χ1v) is 13.9. The number of nitrogens with one attached hydrogen (secondary N) is 1. The van der Waals surface area contributed by atoms with Gasteiger partial charge < -0.3 is 9.64 Å². The highest BCUT2D eigenvalue weighted by atomic mass is 32.2. The van der Waals surface area contributed by atoms with Gasteiger partial charge in [0.15, 0.2) is 0 Å². The molecule has 1 N–H and O–H groups in total. The third kappa shape index (κ3) is 5.36. The third-order valence-corrected chi connectivity index (χ3v) is 9.56. The second kappa shape index (κ2) is 10.4. The number of fused-ring (bicyclic) bond motifs is 1. The number of hydrogen-bond acceptors (Lipinski definition) is 7. The average Bonchev–Trinajstić information content (AvgIpc) is 3.18. The Labute approximate surface area is 197 Å². The van der Waals surface area contributed by atoms with E-state index in [9.17, 15) is 18.0 Å². The summed E-state index contributed by atoms with van der Waals surface area (Å²) in [6.45, 7) is 4.36. The molecule has 0 fully saturated rings. The summed E-state index contributed by atoms with van der Waals surface area (Å²) < 4.78 is 33.4. The molecular formula is C22H28N2O5S3. The number of amides is 1. The zero-order chi connectivity index (χ0) is 23.5. The summed E-state index contributed by atoms with van der Waals surface area (Å²) in [7, 11) is -2.64. The van der Waals surface area contributed by atoms with Gasteiger partial charge in [-0.1, -0.05) is 19.1 Å². The van der Waals surface area contributed by atoms with Crippen LogP contribution in [0, 0.1) is 0 Å². The number of esters is 1. The number of thiophene rings is 1. The fourth-order valence-electron chi connectivity index (χ4n) is 3.52. The number of carbonyl (C=O) groups excluding carboxylic acids is 2. The topological polar surface area (TPSA) is 92.8 Å². The molecule has 0 spiro atoms. The van der Waals surface area contributed by atoms with Crippen molar-refractivity contribution < 1.29 is 22.7 Å². The van der Waals surface area contributed by atoms with Crippen molar-refractivity contribution in [2.75, 3.05) is 19.9 Å². The summed E-state index contributed by atoms with van der Waals surface area (Å²) in [5.41, 5.74) is 1.70. The van der Waals surface area contributed by atoms with Crippen molar-refractivity contribution in [1.29, 1.82) is 0 Å². The number of benzene rings is 1. The number of rotatable bonds is 8. The van der Waals surface area contributed by atoms with E-state index in [0.717, 1.165) is 21.8 Å².